The molecule has 4 N–H and O–H groups in total. The summed E-state index contributed by atoms with van der Waals surface area (Å²) in [5.74, 6) is -1.84. The van der Waals surface area contributed by atoms with Crippen LogP contribution in [0.5, 0.6) is 0 Å². The molecule has 0 unspecified atom stereocenters. The second kappa shape index (κ2) is 13.5. The lowest BCUT2D eigenvalue weighted by atomic mass is 9.93. The molecule has 3 aromatic carbocycles. The average Bonchev–Trinajstić information content (AvgIpc) is 2.91. The normalized spacial score (nSPS) is 13.6. The average molecular weight is 582 g/mol. The van der Waals surface area contributed by atoms with E-state index in [0.717, 1.165) is 30.4 Å². The Balaban J connectivity index is 1.55. The van der Waals surface area contributed by atoms with E-state index in [9.17, 15) is 19.5 Å². The number of carbonyl (C=O) groups is 3. The number of allylic oxidation sites excluding steroid dienone is 2. The molecule has 3 amide bonds. The minimum atomic E-state index is -1.50. The highest BCUT2D eigenvalue weighted by molar-refractivity contribution is 6.35. The Kier molecular flexibility index (Phi) is 9.82. The SMILES string of the molecule is O=C(O)C[C@@H](O)NC(=O)c1ccc(CN(C(=O)Nc2cc(Cl)cc(Cl)c2)c2ccc(C3=CCCCC3)cc2)cc1. The highest BCUT2D eigenvalue weighted by atomic mass is 35.5. The molecule has 0 aromatic heterocycles. The number of aliphatic hydroxyl groups excluding tert-OH is 1. The van der Waals surface area contributed by atoms with E-state index in [-0.39, 0.29) is 12.1 Å². The molecule has 0 bridgehead atoms. The van der Waals surface area contributed by atoms with Gasteiger partial charge >= 0.3 is 12.0 Å². The number of halogens is 2. The van der Waals surface area contributed by atoms with Crippen molar-refractivity contribution >= 4 is 58.1 Å². The van der Waals surface area contributed by atoms with Crippen molar-refractivity contribution in [1.82, 2.24) is 5.32 Å². The largest absolute Gasteiger partial charge is 0.481 e. The number of hydrogen-bond acceptors (Lipinski definition) is 4. The molecular formula is C30H29Cl2N3O5. The first-order chi connectivity index (χ1) is 19.2. The van der Waals surface area contributed by atoms with Crippen molar-refractivity contribution in [1.29, 1.82) is 0 Å². The number of nitrogens with one attached hydrogen (secondary N) is 2. The zero-order valence-corrected chi connectivity index (χ0v) is 23.1. The number of nitrogens with zero attached hydrogens (tertiary/aromatic N) is 1. The second-order valence-corrected chi connectivity index (χ2v) is 10.4. The van der Waals surface area contributed by atoms with E-state index in [0.29, 0.717) is 21.4 Å². The Morgan fingerprint density at radius 1 is 0.925 bits per heavy atom. The topological polar surface area (TPSA) is 119 Å². The molecule has 1 aliphatic carbocycles. The van der Waals surface area contributed by atoms with Gasteiger partial charge in [-0.2, -0.15) is 0 Å². The van der Waals surface area contributed by atoms with Crippen LogP contribution in [0, 0.1) is 0 Å². The number of urea groups is 1. The summed E-state index contributed by atoms with van der Waals surface area (Å²) in [6.45, 7) is 0.186. The molecule has 4 rings (SSSR count). The number of carbonyl (C=O) groups excluding carboxylic acids is 2. The molecular weight excluding hydrogens is 553 g/mol. The van der Waals surface area contributed by atoms with Gasteiger partial charge in [0.25, 0.3) is 5.91 Å². The van der Waals surface area contributed by atoms with Crippen LogP contribution in [0.2, 0.25) is 10.0 Å². The second-order valence-electron chi connectivity index (χ2n) is 9.48. The van der Waals surface area contributed by atoms with Gasteiger partial charge in [0, 0.05) is 27.0 Å². The van der Waals surface area contributed by atoms with Crippen LogP contribution in [-0.4, -0.2) is 34.3 Å². The maximum Gasteiger partial charge on any atom is 0.326 e. The van der Waals surface area contributed by atoms with Gasteiger partial charge in [0.15, 0.2) is 0 Å². The van der Waals surface area contributed by atoms with Crippen LogP contribution >= 0.6 is 23.2 Å². The standard InChI is InChI=1S/C30H29Cl2N3O5/c31-23-14-24(32)16-25(15-23)33-30(40)35(26-12-10-21(11-13-26)20-4-2-1-3-5-20)18-19-6-8-22(9-7-19)29(39)34-27(36)17-28(37)38/h4,6-16,27,36H,1-3,5,17-18H2,(H,33,40)(H,34,39)(H,37,38)/t27-/m1/s1. The number of carboxylic acid groups (broad SMARTS) is 1. The predicted octanol–water partition coefficient (Wildman–Crippen LogP) is 6.71. The first kappa shape index (κ1) is 29.1. The molecule has 0 saturated heterocycles. The summed E-state index contributed by atoms with van der Waals surface area (Å²) in [4.78, 5) is 38.1. The van der Waals surface area contributed by atoms with Crippen LogP contribution in [0.25, 0.3) is 5.57 Å². The van der Waals surface area contributed by atoms with Gasteiger partial charge in [-0.3, -0.25) is 14.5 Å². The van der Waals surface area contributed by atoms with E-state index in [1.807, 2.05) is 24.3 Å². The lowest BCUT2D eigenvalue weighted by Crippen LogP contribution is -2.36. The van der Waals surface area contributed by atoms with Crippen molar-refractivity contribution in [2.75, 3.05) is 10.2 Å². The number of aliphatic hydroxyl groups is 1. The van der Waals surface area contributed by atoms with Crippen LogP contribution in [0.3, 0.4) is 0 Å². The number of benzene rings is 3. The molecule has 10 heteroatoms. The number of anilines is 2. The highest BCUT2D eigenvalue weighted by Gasteiger charge is 2.19. The zero-order chi connectivity index (χ0) is 28.6. The predicted molar refractivity (Wildman–Crippen MR) is 157 cm³/mol. The minimum absolute atomic E-state index is 0.186. The third-order valence-electron chi connectivity index (χ3n) is 6.42. The van der Waals surface area contributed by atoms with Crippen LogP contribution in [0.4, 0.5) is 16.2 Å². The van der Waals surface area contributed by atoms with E-state index in [1.54, 1.807) is 47.4 Å². The maximum atomic E-state index is 13.5. The summed E-state index contributed by atoms with van der Waals surface area (Å²) in [5.41, 5.74) is 4.53. The number of rotatable bonds is 9. The van der Waals surface area contributed by atoms with E-state index >= 15 is 0 Å². The smallest absolute Gasteiger partial charge is 0.326 e. The molecule has 0 heterocycles. The van der Waals surface area contributed by atoms with E-state index in [4.69, 9.17) is 28.3 Å². The van der Waals surface area contributed by atoms with Gasteiger partial charge in [0.2, 0.25) is 0 Å². The molecule has 8 nitrogen and oxygen atoms in total. The Morgan fingerprint density at radius 3 is 2.20 bits per heavy atom. The van der Waals surface area contributed by atoms with Gasteiger partial charge in [0.05, 0.1) is 13.0 Å². The summed E-state index contributed by atoms with van der Waals surface area (Å²) in [6, 6.07) is 18.7. The summed E-state index contributed by atoms with van der Waals surface area (Å²) >= 11 is 12.2. The van der Waals surface area contributed by atoms with Gasteiger partial charge in [-0.1, -0.05) is 53.5 Å². The summed E-state index contributed by atoms with van der Waals surface area (Å²) < 4.78 is 0. The molecule has 0 fully saturated rings. The van der Waals surface area contributed by atoms with Crippen molar-refractivity contribution in [3.05, 3.63) is 99.5 Å². The van der Waals surface area contributed by atoms with Gasteiger partial charge < -0.3 is 20.8 Å². The number of amides is 3. The van der Waals surface area contributed by atoms with Gasteiger partial charge in [0.1, 0.15) is 6.23 Å². The van der Waals surface area contributed by atoms with Crippen LogP contribution in [0.1, 0.15) is 53.6 Å². The minimum Gasteiger partial charge on any atom is -0.481 e. The molecule has 208 valence electrons. The van der Waals surface area contributed by atoms with Crippen molar-refractivity contribution < 1.29 is 24.6 Å². The molecule has 0 saturated carbocycles. The van der Waals surface area contributed by atoms with Crippen LogP contribution in [-0.2, 0) is 11.3 Å². The van der Waals surface area contributed by atoms with Gasteiger partial charge in [-0.15, -0.1) is 0 Å². The van der Waals surface area contributed by atoms with E-state index in [1.165, 1.54) is 12.0 Å². The molecule has 1 aliphatic rings. The van der Waals surface area contributed by atoms with Crippen molar-refractivity contribution in [3.8, 4) is 0 Å². The molecule has 40 heavy (non-hydrogen) atoms. The summed E-state index contributed by atoms with van der Waals surface area (Å²) in [7, 11) is 0. The monoisotopic (exact) mass is 581 g/mol. The summed E-state index contributed by atoms with van der Waals surface area (Å²) in [5, 5.41) is 24.3. The third kappa shape index (κ3) is 8.08. The van der Waals surface area contributed by atoms with E-state index < -0.39 is 30.6 Å². The van der Waals surface area contributed by atoms with Gasteiger partial charge in [-0.25, -0.2) is 4.79 Å². The molecule has 0 spiro atoms. The van der Waals surface area contributed by atoms with Crippen molar-refractivity contribution in [3.63, 3.8) is 0 Å². The van der Waals surface area contributed by atoms with Gasteiger partial charge in [-0.05, 0) is 84.8 Å². The molecule has 1 atom stereocenters. The number of carboxylic acids is 1. The first-order valence-electron chi connectivity index (χ1n) is 12.8. The highest BCUT2D eigenvalue weighted by Crippen LogP contribution is 2.29. The van der Waals surface area contributed by atoms with E-state index in [2.05, 4.69) is 16.7 Å². The Bertz CT molecular complexity index is 1390. The Morgan fingerprint density at radius 2 is 1.60 bits per heavy atom. The molecule has 3 aromatic rings. The van der Waals surface area contributed by atoms with Crippen LogP contribution in [0.15, 0.2) is 72.8 Å². The fourth-order valence-electron chi connectivity index (χ4n) is 4.45. The lowest BCUT2D eigenvalue weighted by Gasteiger charge is -2.24. The maximum absolute atomic E-state index is 13.5. The quantitative estimate of drug-likeness (QED) is 0.209. The summed E-state index contributed by atoms with van der Waals surface area (Å²) in [6.07, 6.45) is 4.62. The Labute approximate surface area is 242 Å². The molecule has 0 radical (unpaired) electrons. The molecule has 0 aliphatic heterocycles. The first-order valence-corrected chi connectivity index (χ1v) is 13.6. The van der Waals surface area contributed by atoms with Crippen LogP contribution < -0.4 is 15.5 Å². The fourth-order valence-corrected chi connectivity index (χ4v) is 4.97. The third-order valence-corrected chi connectivity index (χ3v) is 6.86. The van der Waals surface area contributed by atoms with Crippen molar-refractivity contribution in [2.45, 2.75) is 44.9 Å². The number of hydrogen-bond donors (Lipinski definition) is 4. The lowest BCUT2D eigenvalue weighted by molar-refractivity contribution is -0.139. The van der Waals surface area contributed by atoms with Crippen molar-refractivity contribution in [2.24, 2.45) is 0 Å². The Hall–Kier alpha value is -3.85. The zero-order valence-electron chi connectivity index (χ0n) is 21.6. The number of aliphatic carboxylic acids is 1. The fraction of sp³-hybridized carbons (Fsp3) is 0.233.